The van der Waals surface area contributed by atoms with Crippen LogP contribution in [0.3, 0.4) is 0 Å². The van der Waals surface area contributed by atoms with E-state index in [2.05, 4.69) is 26.2 Å². The summed E-state index contributed by atoms with van der Waals surface area (Å²) in [5.74, 6) is 0. The van der Waals surface area contributed by atoms with Gasteiger partial charge in [-0.05, 0) is 29.8 Å². The average molecular weight is 378 g/mol. The Labute approximate surface area is 136 Å². The minimum atomic E-state index is -3.64. The normalized spacial score (nSPS) is 11.5. The molecular formula is C15H12BrN3O2S. The van der Waals surface area contributed by atoms with Gasteiger partial charge in [-0.25, -0.2) is 13.1 Å². The molecule has 0 N–H and O–H groups in total. The predicted octanol–water partition coefficient (Wildman–Crippen LogP) is 2.92. The lowest BCUT2D eigenvalue weighted by Gasteiger charge is -2.01. The minimum Gasteiger partial charge on any atom is -0.247 e. The molecule has 2 aromatic carbocycles. The van der Waals surface area contributed by atoms with Gasteiger partial charge in [-0.3, -0.25) is 0 Å². The van der Waals surface area contributed by atoms with E-state index in [1.165, 1.54) is 23.0 Å². The Hall–Kier alpha value is -1.99. The van der Waals surface area contributed by atoms with Crippen LogP contribution < -0.4 is 0 Å². The lowest BCUT2D eigenvalue weighted by atomic mass is 10.2. The highest BCUT2D eigenvalue weighted by Gasteiger charge is 2.21. The van der Waals surface area contributed by atoms with E-state index in [-0.39, 0.29) is 9.92 Å². The maximum Gasteiger partial charge on any atom is 0.227 e. The third kappa shape index (κ3) is 3.10. The van der Waals surface area contributed by atoms with Crippen molar-refractivity contribution in [3.05, 3.63) is 70.8 Å². The predicted molar refractivity (Wildman–Crippen MR) is 85.2 cm³/mol. The van der Waals surface area contributed by atoms with Gasteiger partial charge in [0, 0.05) is 4.47 Å². The first kappa shape index (κ1) is 14.9. The molecule has 0 amide bonds. The number of benzene rings is 2. The molecule has 0 saturated heterocycles. The summed E-state index contributed by atoms with van der Waals surface area (Å²) in [6.07, 6.45) is 1.45. The number of nitrogens with zero attached hydrogens (tertiary/aromatic N) is 3. The summed E-state index contributed by atoms with van der Waals surface area (Å²) in [7, 11) is -3.64. The van der Waals surface area contributed by atoms with Crippen LogP contribution in [0.2, 0.25) is 0 Å². The summed E-state index contributed by atoms with van der Waals surface area (Å²) in [4.78, 5) is 0.197. The summed E-state index contributed by atoms with van der Waals surface area (Å²) in [5, 5.41) is 7.64. The van der Waals surface area contributed by atoms with E-state index < -0.39 is 9.84 Å². The SMILES string of the molecule is O=S(=O)(c1ccc(Br)cc1)c1cn(Cc2ccccc2)nn1. The largest absolute Gasteiger partial charge is 0.247 e. The van der Waals surface area contributed by atoms with Crippen molar-refractivity contribution in [2.24, 2.45) is 0 Å². The van der Waals surface area contributed by atoms with Crippen LogP contribution in [0.25, 0.3) is 0 Å². The van der Waals surface area contributed by atoms with Gasteiger partial charge in [0.1, 0.15) is 0 Å². The molecule has 7 heteroatoms. The second-order valence-corrected chi connectivity index (χ2v) is 7.51. The zero-order valence-electron chi connectivity index (χ0n) is 11.4. The Morgan fingerprint density at radius 1 is 1.00 bits per heavy atom. The maximum absolute atomic E-state index is 12.5. The molecule has 3 rings (SSSR count). The number of aromatic nitrogens is 3. The van der Waals surface area contributed by atoms with Gasteiger partial charge in [0.25, 0.3) is 0 Å². The summed E-state index contributed by atoms with van der Waals surface area (Å²) in [6, 6.07) is 16.1. The molecule has 1 aromatic heterocycles. The van der Waals surface area contributed by atoms with E-state index in [0.29, 0.717) is 6.54 Å². The van der Waals surface area contributed by atoms with Crippen molar-refractivity contribution < 1.29 is 8.42 Å². The molecule has 0 radical (unpaired) electrons. The molecular weight excluding hydrogens is 366 g/mol. The first-order valence-corrected chi connectivity index (χ1v) is 8.78. The molecule has 0 unspecified atom stereocenters. The van der Waals surface area contributed by atoms with E-state index >= 15 is 0 Å². The topological polar surface area (TPSA) is 64.8 Å². The molecule has 0 atom stereocenters. The molecule has 0 aliphatic carbocycles. The van der Waals surface area contributed by atoms with Gasteiger partial charge in [0.05, 0.1) is 17.6 Å². The Morgan fingerprint density at radius 3 is 2.36 bits per heavy atom. The van der Waals surface area contributed by atoms with Gasteiger partial charge in [0.2, 0.25) is 14.9 Å². The highest BCUT2D eigenvalue weighted by atomic mass is 79.9. The minimum absolute atomic E-state index is 0.0502. The zero-order chi connectivity index (χ0) is 15.6. The lowest BCUT2D eigenvalue weighted by Crippen LogP contribution is -2.02. The van der Waals surface area contributed by atoms with Crippen molar-refractivity contribution in [3.63, 3.8) is 0 Å². The summed E-state index contributed by atoms with van der Waals surface area (Å²) >= 11 is 3.28. The Balaban J connectivity index is 1.88. The summed E-state index contributed by atoms with van der Waals surface area (Å²) in [5.41, 5.74) is 1.03. The fourth-order valence-electron chi connectivity index (χ4n) is 1.99. The molecule has 5 nitrogen and oxygen atoms in total. The second kappa shape index (κ2) is 6.02. The average Bonchev–Trinajstić information content (AvgIpc) is 2.98. The van der Waals surface area contributed by atoms with Crippen molar-refractivity contribution in [3.8, 4) is 0 Å². The molecule has 22 heavy (non-hydrogen) atoms. The Kier molecular flexibility index (Phi) is 4.08. The quantitative estimate of drug-likeness (QED) is 0.700. The number of rotatable bonds is 4. The monoisotopic (exact) mass is 377 g/mol. The molecule has 0 fully saturated rings. The van der Waals surface area contributed by atoms with E-state index in [0.717, 1.165) is 10.0 Å². The van der Waals surface area contributed by atoms with Gasteiger partial charge in [-0.2, -0.15) is 0 Å². The summed E-state index contributed by atoms with van der Waals surface area (Å²) < 4.78 is 27.3. The van der Waals surface area contributed by atoms with Crippen LogP contribution in [0.4, 0.5) is 0 Å². The van der Waals surface area contributed by atoms with E-state index in [1.54, 1.807) is 12.1 Å². The molecule has 1 heterocycles. The van der Waals surface area contributed by atoms with Gasteiger partial charge < -0.3 is 0 Å². The first-order valence-electron chi connectivity index (χ1n) is 6.50. The van der Waals surface area contributed by atoms with Crippen LogP contribution in [-0.2, 0) is 16.4 Å². The van der Waals surface area contributed by atoms with Crippen molar-refractivity contribution in [1.82, 2.24) is 15.0 Å². The maximum atomic E-state index is 12.5. The molecule has 0 spiro atoms. The smallest absolute Gasteiger partial charge is 0.227 e. The van der Waals surface area contributed by atoms with E-state index in [1.807, 2.05) is 30.3 Å². The van der Waals surface area contributed by atoms with Crippen LogP contribution in [0.1, 0.15) is 5.56 Å². The molecule has 3 aromatic rings. The number of hydrogen-bond donors (Lipinski definition) is 0. The van der Waals surface area contributed by atoms with Crippen LogP contribution in [0, 0.1) is 0 Å². The highest BCUT2D eigenvalue weighted by Crippen LogP contribution is 2.20. The highest BCUT2D eigenvalue weighted by molar-refractivity contribution is 9.10. The number of hydrogen-bond acceptors (Lipinski definition) is 4. The molecule has 0 aliphatic rings. The van der Waals surface area contributed by atoms with Crippen LogP contribution >= 0.6 is 15.9 Å². The number of sulfone groups is 1. The van der Waals surface area contributed by atoms with Gasteiger partial charge >= 0.3 is 0 Å². The zero-order valence-corrected chi connectivity index (χ0v) is 13.8. The van der Waals surface area contributed by atoms with Crippen LogP contribution in [0.15, 0.2) is 75.2 Å². The van der Waals surface area contributed by atoms with Crippen LogP contribution in [0.5, 0.6) is 0 Å². The third-order valence-electron chi connectivity index (χ3n) is 3.10. The van der Waals surface area contributed by atoms with Gasteiger partial charge in [0.15, 0.2) is 0 Å². The molecule has 0 aliphatic heterocycles. The Bertz CT molecular complexity index is 875. The second-order valence-electron chi connectivity index (χ2n) is 4.70. The molecule has 0 saturated carbocycles. The molecule has 112 valence electrons. The van der Waals surface area contributed by atoms with Crippen LogP contribution in [-0.4, -0.2) is 23.4 Å². The van der Waals surface area contributed by atoms with E-state index in [4.69, 9.17) is 0 Å². The van der Waals surface area contributed by atoms with Crippen molar-refractivity contribution in [2.45, 2.75) is 16.5 Å². The van der Waals surface area contributed by atoms with Crippen molar-refractivity contribution >= 4 is 25.8 Å². The Morgan fingerprint density at radius 2 is 1.68 bits per heavy atom. The van der Waals surface area contributed by atoms with E-state index in [9.17, 15) is 8.42 Å². The fourth-order valence-corrected chi connectivity index (χ4v) is 3.39. The lowest BCUT2D eigenvalue weighted by molar-refractivity contribution is 0.591. The van der Waals surface area contributed by atoms with Crippen molar-refractivity contribution in [1.29, 1.82) is 0 Å². The number of halogens is 1. The van der Waals surface area contributed by atoms with Gasteiger partial charge in [-0.1, -0.05) is 51.5 Å². The molecule has 0 bridgehead atoms. The van der Waals surface area contributed by atoms with Crippen molar-refractivity contribution in [2.75, 3.05) is 0 Å². The third-order valence-corrected chi connectivity index (χ3v) is 5.26. The standard InChI is InChI=1S/C15H12BrN3O2S/c16-13-6-8-14(9-7-13)22(20,21)15-11-19(18-17-15)10-12-4-2-1-3-5-12/h1-9,11H,10H2. The summed E-state index contributed by atoms with van der Waals surface area (Å²) in [6.45, 7) is 0.476. The first-order chi connectivity index (χ1) is 10.6. The fraction of sp³-hybridized carbons (Fsp3) is 0.0667. The van der Waals surface area contributed by atoms with Gasteiger partial charge in [-0.15, -0.1) is 5.10 Å².